The first-order valence-electron chi connectivity index (χ1n) is 6.03. The van der Waals surface area contributed by atoms with Crippen molar-refractivity contribution in [1.29, 1.82) is 0 Å². The summed E-state index contributed by atoms with van der Waals surface area (Å²) in [6.07, 6.45) is 3.53. The molecule has 0 fully saturated rings. The number of fused-ring (bicyclic) bond motifs is 1. The summed E-state index contributed by atoms with van der Waals surface area (Å²) in [5.74, 6) is 0. The molecule has 96 valence electrons. The molecule has 0 radical (unpaired) electrons. The zero-order valence-corrected chi connectivity index (χ0v) is 10.6. The summed E-state index contributed by atoms with van der Waals surface area (Å²) in [5.41, 5.74) is 8.81. The number of hydrogen-bond donors (Lipinski definition) is 1. The first-order chi connectivity index (χ1) is 9.13. The third-order valence-electron chi connectivity index (χ3n) is 3.03. The van der Waals surface area contributed by atoms with E-state index in [0.717, 1.165) is 11.3 Å². The highest BCUT2D eigenvalue weighted by Gasteiger charge is 2.05. The average Bonchev–Trinajstić information content (AvgIpc) is 2.75. The van der Waals surface area contributed by atoms with E-state index < -0.39 is 0 Å². The normalized spacial score (nSPS) is 11.0. The van der Waals surface area contributed by atoms with Gasteiger partial charge in [-0.3, -0.25) is 4.79 Å². The number of nitrogens with two attached hydrogens (primary N) is 1. The first-order valence-corrected chi connectivity index (χ1v) is 6.03. The molecular formula is C14H14N4O. The minimum Gasteiger partial charge on any atom is -0.399 e. The molecule has 2 aromatic heterocycles. The molecule has 0 unspecified atom stereocenters. The van der Waals surface area contributed by atoms with Gasteiger partial charge in [-0.2, -0.15) is 5.10 Å². The maximum absolute atomic E-state index is 12.3. The van der Waals surface area contributed by atoms with Gasteiger partial charge in [-0.05, 0) is 30.7 Å². The Balaban J connectivity index is 2.06. The van der Waals surface area contributed by atoms with Gasteiger partial charge in [0.25, 0.3) is 5.56 Å². The average molecular weight is 254 g/mol. The monoisotopic (exact) mass is 254 g/mol. The van der Waals surface area contributed by atoms with Crippen molar-refractivity contribution < 1.29 is 0 Å². The van der Waals surface area contributed by atoms with Crippen LogP contribution in [0.2, 0.25) is 0 Å². The Kier molecular flexibility index (Phi) is 2.59. The molecule has 0 aliphatic carbocycles. The molecule has 0 saturated heterocycles. The minimum atomic E-state index is -0.0504. The lowest BCUT2D eigenvalue weighted by Gasteiger charge is -2.06. The van der Waals surface area contributed by atoms with Crippen LogP contribution in [-0.4, -0.2) is 14.2 Å². The number of benzene rings is 1. The van der Waals surface area contributed by atoms with E-state index in [1.807, 2.05) is 31.2 Å². The van der Waals surface area contributed by atoms with Crippen LogP contribution < -0.4 is 11.3 Å². The molecule has 0 saturated carbocycles. The maximum atomic E-state index is 12.3. The number of rotatable bonds is 2. The first kappa shape index (κ1) is 11.5. The summed E-state index contributed by atoms with van der Waals surface area (Å²) >= 11 is 0. The molecule has 19 heavy (non-hydrogen) atoms. The van der Waals surface area contributed by atoms with Gasteiger partial charge in [-0.1, -0.05) is 12.1 Å². The van der Waals surface area contributed by atoms with Crippen LogP contribution >= 0.6 is 0 Å². The minimum absolute atomic E-state index is 0.0504. The van der Waals surface area contributed by atoms with Gasteiger partial charge in [-0.15, -0.1) is 0 Å². The van der Waals surface area contributed by atoms with Crippen LogP contribution in [0.25, 0.3) is 5.52 Å². The second-order valence-electron chi connectivity index (χ2n) is 4.59. The van der Waals surface area contributed by atoms with Gasteiger partial charge in [0, 0.05) is 18.1 Å². The molecule has 0 bridgehead atoms. The molecule has 1 aromatic carbocycles. The van der Waals surface area contributed by atoms with Crippen LogP contribution in [0.1, 0.15) is 11.3 Å². The quantitative estimate of drug-likeness (QED) is 0.704. The summed E-state index contributed by atoms with van der Waals surface area (Å²) in [6, 6.07) is 9.33. The van der Waals surface area contributed by atoms with E-state index in [1.54, 1.807) is 27.5 Å². The molecule has 2 N–H and O–H groups in total. The van der Waals surface area contributed by atoms with Crippen molar-refractivity contribution in [3.63, 3.8) is 0 Å². The molecule has 3 aromatic rings. The standard InChI is InChI=1S/C14H14N4O/c1-10-7-13-14(19)17(5-6-18(13)16-10)9-11-3-2-4-12(15)8-11/h2-8H,9,15H2,1H3. The molecule has 0 spiro atoms. The van der Waals surface area contributed by atoms with Crippen molar-refractivity contribution in [1.82, 2.24) is 14.2 Å². The van der Waals surface area contributed by atoms with Crippen LogP contribution in [0.3, 0.4) is 0 Å². The Bertz CT molecular complexity index is 801. The lowest BCUT2D eigenvalue weighted by molar-refractivity contribution is 0.742. The second kappa shape index (κ2) is 4.28. The summed E-state index contributed by atoms with van der Waals surface area (Å²) in [4.78, 5) is 12.3. The van der Waals surface area contributed by atoms with Gasteiger partial charge >= 0.3 is 0 Å². The summed E-state index contributed by atoms with van der Waals surface area (Å²) in [7, 11) is 0. The number of hydrogen-bond acceptors (Lipinski definition) is 3. The highest BCUT2D eigenvalue weighted by Crippen LogP contribution is 2.08. The summed E-state index contributed by atoms with van der Waals surface area (Å²) in [6.45, 7) is 2.37. The van der Waals surface area contributed by atoms with Crippen molar-refractivity contribution in [2.45, 2.75) is 13.5 Å². The molecule has 2 heterocycles. The lowest BCUT2D eigenvalue weighted by atomic mass is 10.2. The molecule has 0 aliphatic rings. The third kappa shape index (κ3) is 2.10. The Morgan fingerprint density at radius 3 is 2.89 bits per heavy atom. The SMILES string of the molecule is Cc1cc2c(=O)n(Cc3cccc(N)c3)ccn2n1. The largest absolute Gasteiger partial charge is 0.399 e. The predicted molar refractivity (Wildman–Crippen MR) is 74.1 cm³/mol. The van der Waals surface area contributed by atoms with E-state index in [2.05, 4.69) is 5.10 Å². The van der Waals surface area contributed by atoms with E-state index >= 15 is 0 Å². The Hall–Kier alpha value is -2.56. The van der Waals surface area contributed by atoms with Crippen molar-refractivity contribution in [3.8, 4) is 0 Å². The molecule has 0 atom stereocenters. The smallest absolute Gasteiger partial charge is 0.276 e. The van der Waals surface area contributed by atoms with Gasteiger partial charge in [-0.25, -0.2) is 4.52 Å². The van der Waals surface area contributed by atoms with E-state index in [9.17, 15) is 4.79 Å². The molecular weight excluding hydrogens is 240 g/mol. The molecule has 5 heteroatoms. The lowest BCUT2D eigenvalue weighted by Crippen LogP contribution is -2.21. The molecule has 5 nitrogen and oxygen atoms in total. The third-order valence-corrected chi connectivity index (χ3v) is 3.03. The zero-order chi connectivity index (χ0) is 13.4. The van der Waals surface area contributed by atoms with Crippen molar-refractivity contribution in [2.75, 3.05) is 5.73 Å². The van der Waals surface area contributed by atoms with E-state index in [1.165, 1.54) is 0 Å². The second-order valence-corrected chi connectivity index (χ2v) is 4.59. The zero-order valence-electron chi connectivity index (χ0n) is 10.6. The Morgan fingerprint density at radius 1 is 1.26 bits per heavy atom. The predicted octanol–water partition coefficient (Wildman–Crippen LogP) is 1.43. The summed E-state index contributed by atoms with van der Waals surface area (Å²) in [5, 5.41) is 4.22. The fourth-order valence-electron chi connectivity index (χ4n) is 2.16. The summed E-state index contributed by atoms with van der Waals surface area (Å²) < 4.78 is 3.26. The van der Waals surface area contributed by atoms with E-state index in [0.29, 0.717) is 17.7 Å². The maximum Gasteiger partial charge on any atom is 0.276 e. The van der Waals surface area contributed by atoms with Crippen molar-refractivity contribution >= 4 is 11.2 Å². The van der Waals surface area contributed by atoms with E-state index in [4.69, 9.17) is 5.73 Å². The number of anilines is 1. The Morgan fingerprint density at radius 2 is 2.11 bits per heavy atom. The Labute approximate surface area is 109 Å². The van der Waals surface area contributed by atoms with Crippen LogP contribution in [0.5, 0.6) is 0 Å². The van der Waals surface area contributed by atoms with E-state index in [-0.39, 0.29) is 5.56 Å². The van der Waals surface area contributed by atoms with Crippen molar-refractivity contribution in [3.05, 3.63) is 64.3 Å². The number of aromatic nitrogens is 3. The van der Waals surface area contributed by atoms with Crippen LogP contribution in [-0.2, 0) is 6.54 Å². The molecule has 0 amide bonds. The van der Waals surface area contributed by atoms with Gasteiger partial charge < -0.3 is 10.3 Å². The van der Waals surface area contributed by atoms with Crippen molar-refractivity contribution in [2.24, 2.45) is 0 Å². The van der Waals surface area contributed by atoms with Gasteiger partial charge in [0.1, 0.15) is 5.52 Å². The van der Waals surface area contributed by atoms with Crippen LogP contribution in [0, 0.1) is 6.92 Å². The number of nitrogen functional groups attached to an aromatic ring is 1. The number of aryl methyl sites for hydroxylation is 1. The van der Waals surface area contributed by atoms with Gasteiger partial charge in [0.15, 0.2) is 0 Å². The topological polar surface area (TPSA) is 65.3 Å². The molecule has 3 rings (SSSR count). The van der Waals surface area contributed by atoms with Crippen LogP contribution in [0.4, 0.5) is 5.69 Å². The fraction of sp³-hybridized carbons (Fsp3) is 0.143. The highest BCUT2D eigenvalue weighted by molar-refractivity contribution is 5.45. The molecule has 0 aliphatic heterocycles. The van der Waals surface area contributed by atoms with Gasteiger partial charge in [0.05, 0.1) is 12.2 Å². The van der Waals surface area contributed by atoms with Crippen LogP contribution in [0.15, 0.2) is 47.5 Å². The highest BCUT2D eigenvalue weighted by atomic mass is 16.1. The van der Waals surface area contributed by atoms with Gasteiger partial charge in [0.2, 0.25) is 0 Å². The number of nitrogens with zero attached hydrogens (tertiary/aromatic N) is 3. The fourth-order valence-corrected chi connectivity index (χ4v) is 2.16.